The molecule has 0 aliphatic heterocycles. The number of benzene rings is 3. The molecule has 3 heteroatoms. The Hall–Kier alpha value is -1.38. The second kappa shape index (κ2) is 5.55. The van der Waals surface area contributed by atoms with E-state index >= 15 is 0 Å². The molecule has 0 aliphatic rings. The van der Waals surface area contributed by atoms with Gasteiger partial charge in [-0.1, -0.05) is 82.1 Å². The maximum Gasteiger partial charge on any atom is 0.142 e. The highest BCUT2D eigenvalue weighted by Gasteiger charge is 2.17. The zero-order valence-corrected chi connectivity index (χ0v) is 12.8. The lowest BCUT2D eigenvalue weighted by Crippen LogP contribution is -1.96. The number of halogens is 3. The third-order valence-corrected chi connectivity index (χ3v) is 4.74. The molecule has 20 heavy (non-hydrogen) atoms. The van der Waals surface area contributed by atoms with Gasteiger partial charge in [0.25, 0.3) is 0 Å². The van der Waals surface area contributed by atoms with E-state index in [4.69, 9.17) is 11.6 Å². The van der Waals surface area contributed by atoms with Crippen LogP contribution in [0.2, 0.25) is 5.02 Å². The van der Waals surface area contributed by atoms with Crippen molar-refractivity contribution in [3.05, 3.63) is 82.6 Å². The summed E-state index contributed by atoms with van der Waals surface area (Å²) in [7, 11) is 0. The SMILES string of the molecule is Fc1cccc(C(Br)c2cccc3ccccc23)c1Cl. The summed E-state index contributed by atoms with van der Waals surface area (Å²) in [5.41, 5.74) is 1.82. The Bertz CT molecular complexity index is 765. The molecule has 0 bridgehead atoms. The fraction of sp³-hybridized carbons (Fsp3) is 0.0588. The first kappa shape index (κ1) is 13.6. The number of rotatable bonds is 2. The molecule has 0 aromatic heterocycles. The van der Waals surface area contributed by atoms with Crippen LogP contribution in [0.5, 0.6) is 0 Å². The van der Waals surface area contributed by atoms with Crippen LogP contribution in [0.25, 0.3) is 10.8 Å². The molecule has 3 aromatic rings. The standard InChI is InChI=1S/C17H11BrClF/c18-16(14-9-4-10-15(20)17(14)19)13-8-3-6-11-5-1-2-7-12(11)13/h1-10,16H. The first-order chi connectivity index (χ1) is 9.68. The summed E-state index contributed by atoms with van der Waals surface area (Å²) in [6.45, 7) is 0. The summed E-state index contributed by atoms with van der Waals surface area (Å²) >= 11 is 9.73. The fourth-order valence-corrected chi connectivity index (χ4v) is 3.50. The predicted molar refractivity (Wildman–Crippen MR) is 86.1 cm³/mol. The zero-order chi connectivity index (χ0) is 14.1. The first-order valence-electron chi connectivity index (χ1n) is 6.24. The maximum atomic E-state index is 13.6. The molecule has 0 N–H and O–H groups in total. The molecule has 0 saturated carbocycles. The summed E-state index contributed by atoms with van der Waals surface area (Å²) < 4.78 is 13.6. The molecule has 0 fully saturated rings. The molecule has 3 rings (SSSR count). The quantitative estimate of drug-likeness (QED) is 0.489. The van der Waals surface area contributed by atoms with Gasteiger partial charge in [0.05, 0.1) is 9.85 Å². The van der Waals surface area contributed by atoms with Crippen molar-refractivity contribution in [2.75, 3.05) is 0 Å². The highest BCUT2D eigenvalue weighted by atomic mass is 79.9. The normalized spacial score (nSPS) is 12.6. The molecule has 0 radical (unpaired) electrons. The van der Waals surface area contributed by atoms with Gasteiger partial charge in [0, 0.05) is 0 Å². The zero-order valence-electron chi connectivity index (χ0n) is 10.5. The van der Waals surface area contributed by atoms with E-state index in [0.717, 1.165) is 21.9 Å². The van der Waals surface area contributed by atoms with Crippen molar-refractivity contribution in [1.29, 1.82) is 0 Å². The average Bonchev–Trinajstić information content (AvgIpc) is 2.49. The lowest BCUT2D eigenvalue weighted by atomic mass is 9.98. The molecular formula is C17H11BrClF. The third-order valence-electron chi connectivity index (χ3n) is 3.35. The molecule has 0 saturated heterocycles. The lowest BCUT2D eigenvalue weighted by molar-refractivity contribution is 0.626. The van der Waals surface area contributed by atoms with Crippen LogP contribution in [-0.2, 0) is 0 Å². The van der Waals surface area contributed by atoms with Crippen molar-refractivity contribution >= 4 is 38.3 Å². The van der Waals surface area contributed by atoms with E-state index in [2.05, 4.69) is 34.1 Å². The van der Waals surface area contributed by atoms with Crippen LogP contribution in [-0.4, -0.2) is 0 Å². The van der Waals surface area contributed by atoms with E-state index in [1.165, 1.54) is 6.07 Å². The van der Waals surface area contributed by atoms with Crippen molar-refractivity contribution < 1.29 is 4.39 Å². The van der Waals surface area contributed by atoms with E-state index in [9.17, 15) is 4.39 Å². The maximum absolute atomic E-state index is 13.6. The van der Waals surface area contributed by atoms with Crippen molar-refractivity contribution in [1.82, 2.24) is 0 Å². The van der Waals surface area contributed by atoms with Crippen LogP contribution in [0.3, 0.4) is 0 Å². The van der Waals surface area contributed by atoms with Crippen molar-refractivity contribution in [3.8, 4) is 0 Å². The molecule has 1 unspecified atom stereocenters. The van der Waals surface area contributed by atoms with Crippen molar-refractivity contribution in [3.63, 3.8) is 0 Å². The van der Waals surface area contributed by atoms with Gasteiger partial charge in [-0.25, -0.2) is 4.39 Å². The van der Waals surface area contributed by atoms with Crippen LogP contribution in [0, 0.1) is 5.82 Å². The van der Waals surface area contributed by atoms with Crippen LogP contribution >= 0.6 is 27.5 Å². The summed E-state index contributed by atoms with van der Waals surface area (Å²) in [5.74, 6) is -0.395. The van der Waals surface area contributed by atoms with Gasteiger partial charge in [0.2, 0.25) is 0 Å². The van der Waals surface area contributed by atoms with Crippen molar-refractivity contribution in [2.45, 2.75) is 4.83 Å². The van der Waals surface area contributed by atoms with Gasteiger partial charge in [-0.2, -0.15) is 0 Å². The highest BCUT2D eigenvalue weighted by Crippen LogP contribution is 2.39. The Morgan fingerprint density at radius 1 is 0.850 bits per heavy atom. The minimum absolute atomic E-state index is 0.142. The Morgan fingerprint density at radius 3 is 2.35 bits per heavy atom. The second-order valence-corrected chi connectivity index (χ2v) is 5.87. The molecule has 3 aromatic carbocycles. The van der Waals surface area contributed by atoms with Crippen molar-refractivity contribution in [2.24, 2.45) is 0 Å². The smallest absolute Gasteiger partial charge is 0.142 e. The molecular weight excluding hydrogens is 339 g/mol. The molecule has 0 aliphatic carbocycles. The van der Waals surface area contributed by atoms with Gasteiger partial charge in [-0.05, 0) is 28.0 Å². The average molecular weight is 350 g/mol. The fourth-order valence-electron chi connectivity index (χ4n) is 2.36. The van der Waals surface area contributed by atoms with Gasteiger partial charge in [-0.15, -0.1) is 0 Å². The van der Waals surface area contributed by atoms with Gasteiger partial charge in [-0.3, -0.25) is 0 Å². The highest BCUT2D eigenvalue weighted by molar-refractivity contribution is 9.09. The van der Waals surface area contributed by atoms with Crippen LogP contribution in [0.1, 0.15) is 16.0 Å². The lowest BCUT2D eigenvalue weighted by Gasteiger charge is -2.15. The summed E-state index contributed by atoms with van der Waals surface area (Å²) in [5, 5.41) is 2.46. The van der Waals surface area contributed by atoms with E-state index < -0.39 is 5.82 Å². The Kier molecular flexibility index (Phi) is 3.77. The van der Waals surface area contributed by atoms with E-state index in [0.29, 0.717) is 0 Å². The summed E-state index contributed by atoms with van der Waals surface area (Å²) in [6, 6.07) is 19.1. The largest absolute Gasteiger partial charge is 0.205 e. The minimum atomic E-state index is -0.395. The van der Waals surface area contributed by atoms with Crippen LogP contribution < -0.4 is 0 Å². The monoisotopic (exact) mass is 348 g/mol. The topological polar surface area (TPSA) is 0 Å². The molecule has 0 amide bonds. The summed E-state index contributed by atoms with van der Waals surface area (Å²) in [4.78, 5) is -0.142. The number of alkyl halides is 1. The molecule has 0 spiro atoms. The predicted octanol–water partition coefficient (Wildman–Crippen LogP) is 6.12. The Morgan fingerprint density at radius 2 is 1.50 bits per heavy atom. The van der Waals surface area contributed by atoms with E-state index in [1.807, 2.05) is 30.3 Å². The van der Waals surface area contributed by atoms with Gasteiger partial charge in [0.1, 0.15) is 5.82 Å². The molecule has 1 atom stereocenters. The van der Waals surface area contributed by atoms with E-state index in [-0.39, 0.29) is 9.85 Å². The first-order valence-corrected chi connectivity index (χ1v) is 7.53. The Labute approximate surface area is 130 Å². The number of hydrogen-bond donors (Lipinski definition) is 0. The minimum Gasteiger partial charge on any atom is -0.205 e. The van der Waals surface area contributed by atoms with Crippen LogP contribution in [0.15, 0.2) is 60.7 Å². The van der Waals surface area contributed by atoms with E-state index in [1.54, 1.807) is 6.07 Å². The molecule has 0 heterocycles. The molecule has 0 nitrogen and oxygen atoms in total. The number of hydrogen-bond acceptors (Lipinski definition) is 0. The third kappa shape index (κ3) is 2.34. The van der Waals surface area contributed by atoms with Gasteiger partial charge in [0.15, 0.2) is 0 Å². The molecule has 100 valence electrons. The van der Waals surface area contributed by atoms with Crippen LogP contribution in [0.4, 0.5) is 4.39 Å². The second-order valence-electron chi connectivity index (χ2n) is 4.57. The van der Waals surface area contributed by atoms with Gasteiger partial charge < -0.3 is 0 Å². The Balaban J connectivity index is 2.18. The summed E-state index contributed by atoms with van der Waals surface area (Å²) in [6.07, 6.45) is 0. The number of fused-ring (bicyclic) bond motifs is 1. The van der Waals surface area contributed by atoms with Gasteiger partial charge >= 0.3 is 0 Å².